The summed E-state index contributed by atoms with van der Waals surface area (Å²) in [5.41, 5.74) is 4.78. The molecule has 0 aliphatic heterocycles. The fraction of sp³-hybridized carbons (Fsp3) is 0.214. The van der Waals surface area contributed by atoms with Crippen molar-refractivity contribution >= 4 is 17.1 Å². The second kappa shape index (κ2) is 9.23. The molecule has 3 nitrogen and oxygen atoms in total. The van der Waals surface area contributed by atoms with E-state index >= 15 is 0 Å². The summed E-state index contributed by atoms with van der Waals surface area (Å²) >= 11 is 0. The molecule has 0 amide bonds. The largest absolute Gasteiger partial charge is 0.372 e. The number of ether oxygens (including phenoxy) is 1. The highest BCUT2D eigenvalue weighted by Gasteiger charge is 2.34. The smallest absolute Gasteiger partial charge is 0.194 e. The third-order valence-electron chi connectivity index (χ3n) is 5.85. The molecule has 0 saturated carbocycles. The molecule has 0 spiro atoms. The third kappa shape index (κ3) is 3.89. The SMILES string of the molecule is CCCCC1=C(c2ccccc2C(OC)c2ccccc2)C(=O)c2ccccc2C1=O. The maximum Gasteiger partial charge on any atom is 0.194 e. The Morgan fingerprint density at radius 1 is 0.742 bits per heavy atom. The number of benzene rings is 3. The topological polar surface area (TPSA) is 43.4 Å². The van der Waals surface area contributed by atoms with Crippen LogP contribution in [0.3, 0.4) is 0 Å². The van der Waals surface area contributed by atoms with E-state index < -0.39 is 0 Å². The molecular weight excluding hydrogens is 384 g/mol. The van der Waals surface area contributed by atoms with Gasteiger partial charge in [0.1, 0.15) is 6.10 Å². The first-order chi connectivity index (χ1) is 15.2. The van der Waals surface area contributed by atoms with Crippen molar-refractivity contribution in [2.45, 2.75) is 32.3 Å². The molecule has 0 bridgehead atoms. The standard InChI is InChI=1S/C28H26O3/c1-3-4-14-24-25(27(30)22-17-10-9-16-21(22)26(24)29)20-15-8-11-18-23(20)28(31-2)19-12-6-5-7-13-19/h5-13,15-18,28H,3-4,14H2,1-2H3. The molecule has 1 aliphatic rings. The number of methoxy groups -OCH3 is 1. The lowest BCUT2D eigenvalue weighted by Crippen LogP contribution is -2.22. The Balaban J connectivity index is 1.93. The Labute approximate surface area is 183 Å². The Morgan fingerprint density at radius 2 is 1.32 bits per heavy atom. The molecule has 1 atom stereocenters. The maximum atomic E-state index is 13.7. The lowest BCUT2D eigenvalue weighted by atomic mass is 9.77. The Bertz CT molecular complexity index is 1140. The van der Waals surface area contributed by atoms with Gasteiger partial charge in [0.25, 0.3) is 0 Å². The second-order valence-corrected chi connectivity index (χ2v) is 7.77. The van der Waals surface area contributed by atoms with E-state index in [1.165, 1.54) is 0 Å². The van der Waals surface area contributed by atoms with Gasteiger partial charge < -0.3 is 4.74 Å². The van der Waals surface area contributed by atoms with E-state index in [1.54, 1.807) is 19.2 Å². The van der Waals surface area contributed by atoms with Crippen molar-refractivity contribution in [3.05, 3.63) is 112 Å². The maximum absolute atomic E-state index is 13.7. The minimum Gasteiger partial charge on any atom is -0.372 e. The third-order valence-corrected chi connectivity index (χ3v) is 5.85. The van der Waals surface area contributed by atoms with Crippen molar-refractivity contribution in [3.8, 4) is 0 Å². The summed E-state index contributed by atoms with van der Waals surface area (Å²) in [7, 11) is 1.67. The van der Waals surface area contributed by atoms with Gasteiger partial charge in [-0.05, 0) is 29.5 Å². The van der Waals surface area contributed by atoms with Gasteiger partial charge in [-0.1, -0.05) is 92.2 Å². The number of hydrogen-bond acceptors (Lipinski definition) is 3. The fourth-order valence-corrected chi connectivity index (χ4v) is 4.33. The van der Waals surface area contributed by atoms with Crippen LogP contribution in [-0.2, 0) is 4.74 Å². The molecule has 3 aromatic rings. The summed E-state index contributed by atoms with van der Waals surface area (Å²) in [6.45, 7) is 2.09. The monoisotopic (exact) mass is 410 g/mol. The van der Waals surface area contributed by atoms with Crippen LogP contribution in [0.15, 0.2) is 84.4 Å². The number of carbonyl (C=O) groups is 2. The number of fused-ring (bicyclic) bond motifs is 1. The molecular formula is C28H26O3. The van der Waals surface area contributed by atoms with Crippen molar-refractivity contribution < 1.29 is 14.3 Å². The van der Waals surface area contributed by atoms with Crippen LogP contribution in [0.2, 0.25) is 0 Å². The number of allylic oxidation sites excluding steroid dienone is 2. The first kappa shape index (κ1) is 21.0. The van der Waals surface area contributed by atoms with Crippen molar-refractivity contribution in [3.63, 3.8) is 0 Å². The van der Waals surface area contributed by atoms with Gasteiger partial charge in [-0.2, -0.15) is 0 Å². The first-order valence-corrected chi connectivity index (χ1v) is 10.8. The van der Waals surface area contributed by atoms with Crippen molar-refractivity contribution in [1.82, 2.24) is 0 Å². The highest BCUT2D eigenvalue weighted by atomic mass is 16.5. The number of rotatable bonds is 7. The average molecular weight is 411 g/mol. The minimum absolute atomic E-state index is 0.0397. The molecule has 0 N–H and O–H groups in total. The van der Waals surface area contributed by atoms with E-state index in [9.17, 15) is 9.59 Å². The number of ketones is 2. The lowest BCUT2D eigenvalue weighted by molar-refractivity contribution is 0.0988. The van der Waals surface area contributed by atoms with E-state index in [0.717, 1.165) is 29.5 Å². The van der Waals surface area contributed by atoms with E-state index in [2.05, 4.69) is 6.92 Å². The quantitative estimate of drug-likeness (QED) is 0.450. The minimum atomic E-state index is -0.336. The normalized spacial score (nSPS) is 14.5. The highest BCUT2D eigenvalue weighted by molar-refractivity contribution is 6.40. The molecule has 0 aromatic heterocycles. The van der Waals surface area contributed by atoms with Crippen LogP contribution < -0.4 is 0 Å². The van der Waals surface area contributed by atoms with Crippen LogP contribution in [0.4, 0.5) is 0 Å². The molecule has 156 valence electrons. The molecule has 0 radical (unpaired) electrons. The highest BCUT2D eigenvalue weighted by Crippen LogP contribution is 2.39. The van der Waals surface area contributed by atoms with E-state index in [4.69, 9.17) is 4.74 Å². The van der Waals surface area contributed by atoms with Gasteiger partial charge >= 0.3 is 0 Å². The summed E-state index contributed by atoms with van der Waals surface area (Å²) in [6.07, 6.45) is 2.06. The van der Waals surface area contributed by atoms with Crippen LogP contribution in [0.1, 0.15) is 69.7 Å². The van der Waals surface area contributed by atoms with Gasteiger partial charge in [0, 0.05) is 29.4 Å². The number of unbranched alkanes of at least 4 members (excludes halogenated alkanes) is 1. The van der Waals surface area contributed by atoms with Crippen LogP contribution >= 0.6 is 0 Å². The van der Waals surface area contributed by atoms with Crippen LogP contribution in [0, 0.1) is 0 Å². The molecule has 31 heavy (non-hydrogen) atoms. The van der Waals surface area contributed by atoms with E-state index in [1.807, 2.05) is 66.7 Å². The van der Waals surface area contributed by atoms with Gasteiger partial charge in [-0.25, -0.2) is 0 Å². The molecule has 0 heterocycles. The molecule has 3 aromatic carbocycles. The zero-order chi connectivity index (χ0) is 21.8. The van der Waals surface area contributed by atoms with Gasteiger partial charge in [0.2, 0.25) is 0 Å². The molecule has 1 aliphatic carbocycles. The van der Waals surface area contributed by atoms with Gasteiger partial charge in [0.15, 0.2) is 11.6 Å². The number of Topliss-reactive ketones (excluding diaryl/α,β-unsaturated/α-hetero) is 2. The molecule has 4 rings (SSSR count). The van der Waals surface area contributed by atoms with Crippen LogP contribution in [0.5, 0.6) is 0 Å². The Hall–Kier alpha value is -3.30. The number of carbonyl (C=O) groups excluding carboxylic acids is 2. The Kier molecular flexibility index (Phi) is 6.24. The lowest BCUT2D eigenvalue weighted by Gasteiger charge is -2.25. The van der Waals surface area contributed by atoms with Crippen LogP contribution in [0.25, 0.3) is 5.57 Å². The fourth-order valence-electron chi connectivity index (χ4n) is 4.33. The zero-order valence-corrected chi connectivity index (χ0v) is 17.9. The summed E-state index contributed by atoms with van der Waals surface area (Å²) < 4.78 is 5.88. The zero-order valence-electron chi connectivity index (χ0n) is 17.9. The Morgan fingerprint density at radius 3 is 1.97 bits per heavy atom. The number of hydrogen-bond donors (Lipinski definition) is 0. The van der Waals surface area contributed by atoms with Gasteiger partial charge in [-0.3, -0.25) is 9.59 Å². The summed E-state index contributed by atoms with van der Waals surface area (Å²) in [5, 5.41) is 0. The molecule has 0 fully saturated rings. The van der Waals surface area contributed by atoms with Gasteiger partial charge in [0.05, 0.1) is 0 Å². The molecule has 3 heteroatoms. The summed E-state index contributed by atoms with van der Waals surface area (Å²) in [4.78, 5) is 27.1. The second-order valence-electron chi connectivity index (χ2n) is 7.77. The van der Waals surface area contributed by atoms with Crippen molar-refractivity contribution in [2.75, 3.05) is 7.11 Å². The summed E-state index contributed by atoms with van der Waals surface area (Å²) in [5.74, 6) is -0.126. The van der Waals surface area contributed by atoms with Gasteiger partial charge in [-0.15, -0.1) is 0 Å². The molecule has 0 saturated heterocycles. The first-order valence-electron chi connectivity index (χ1n) is 10.8. The van der Waals surface area contributed by atoms with E-state index in [0.29, 0.717) is 28.7 Å². The predicted molar refractivity (Wildman–Crippen MR) is 123 cm³/mol. The average Bonchev–Trinajstić information content (AvgIpc) is 2.82. The van der Waals surface area contributed by atoms with Crippen molar-refractivity contribution in [2.24, 2.45) is 0 Å². The van der Waals surface area contributed by atoms with E-state index in [-0.39, 0.29) is 17.7 Å². The predicted octanol–water partition coefficient (Wildman–Crippen LogP) is 6.45. The van der Waals surface area contributed by atoms with Crippen molar-refractivity contribution in [1.29, 1.82) is 0 Å². The summed E-state index contributed by atoms with van der Waals surface area (Å²) in [6, 6.07) is 24.9. The molecule has 1 unspecified atom stereocenters. The van der Waals surface area contributed by atoms with Crippen LogP contribution in [-0.4, -0.2) is 18.7 Å².